The summed E-state index contributed by atoms with van der Waals surface area (Å²) in [4.78, 5) is 4.96. The molecular weight excluding hydrogens is 348 g/mol. The van der Waals surface area contributed by atoms with E-state index in [4.69, 9.17) is 0 Å². The van der Waals surface area contributed by atoms with Crippen LogP contribution in [-0.2, 0) is 10.0 Å². The highest BCUT2D eigenvalue weighted by Crippen LogP contribution is 2.23. The van der Waals surface area contributed by atoms with Gasteiger partial charge in [-0.2, -0.15) is 4.31 Å². The highest BCUT2D eigenvalue weighted by atomic mass is 32.2. The van der Waals surface area contributed by atoms with Crippen molar-refractivity contribution in [2.75, 3.05) is 32.7 Å². The van der Waals surface area contributed by atoms with E-state index in [0.717, 1.165) is 38.4 Å². The molecule has 1 aliphatic rings. The van der Waals surface area contributed by atoms with Crippen molar-refractivity contribution in [3.8, 4) is 0 Å². The summed E-state index contributed by atoms with van der Waals surface area (Å²) < 4.78 is 27.0. The first-order valence-corrected chi connectivity index (χ1v) is 10.9. The van der Waals surface area contributed by atoms with Crippen molar-refractivity contribution in [2.24, 2.45) is 16.8 Å². The fourth-order valence-corrected chi connectivity index (χ4v) is 4.44. The Morgan fingerprint density at radius 2 is 1.85 bits per heavy atom. The third-order valence-corrected chi connectivity index (χ3v) is 6.38. The Morgan fingerprint density at radius 1 is 1.19 bits per heavy atom. The number of sulfonamides is 1. The van der Waals surface area contributed by atoms with Crippen LogP contribution in [0.1, 0.15) is 33.6 Å². The Kier molecular flexibility index (Phi) is 7.90. The van der Waals surface area contributed by atoms with E-state index in [2.05, 4.69) is 36.4 Å². The second kappa shape index (κ2) is 9.92. The second-order valence-corrected chi connectivity index (χ2v) is 9.09. The average Bonchev–Trinajstić information content (AvgIpc) is 2.65. The molecule has 1 aliphatic heterocycles. The number of benzene rings is 1. The van der Waals surface area contributed by atoms with Crippen molar-refractivity contribution in [3.63, 3.8) is 0 Å². The predicted molar refractivity (Wildman–Crippen MR) is 107 cm³/mol. The van der Waals surface area contributed by atoms with Gasteiger partial charge in [0.05, 0.1) is 4.90 Å². The molecule has 26 heavy (non-hydrogen) atoms. The Hall–Kier alpha value is -1.60. The van der Waals surface area contributed by atoms with Crippen molar-refractivity contribution >= 4 is 16.0 Å². The lowest BCUT2D eigenvalue weighted by Gasteiger charge is -2.31. The van der Waals surface area contributed by atoms with Crippen LogP contribution in [0.25, 0.3) is 0 Å². The van der Waals surface area contributed by atoms with Gasteiger partial charge in [0.1, 0.15) is 0 Å². The maximum atomic E-state index is 12.7. The van der Waals surface area contributed by atoms with Crippen LogP contribution in [0.3, 0.4) is 0 Å². The molecule has 1 fully saturated rings. The van der Waals surface area contributed by atoms with Gasteiger partial charge in [0.25, 0.3) is 0 Å². The minimum Gasteiger partial charge on any atom is -0.357 e. The van der Waals surface area contributed by atoms with Gasteiger partial charge in [-0.25, -0.2) is 8.42 Å². The van der Waals surface area contributed by atoms with Crippen molar-refractivity contribution in [3.05, 3.63) is 30.3 Å². The van der Waals surface area contributed by atoms with Crippen LogP contribution >= 0.6 is 0 Å². The van der Waals surface area contributed by atoms with Crippen LogP contribution in [0, 0.1) is 11.8 Å². The number of piperidine rings is 1. The quantitative estimate of drug-likeness (QED) is 0.562. The van der Waals surface area contributed by atoms with E-state index in [9.17, 15) is 8.42 Å². The van der Waals surface area contributed by atoms with Crippen LogP contribution in [0.4, 0.5) is 0 Å². The van der Waals surface area contributed by atoms with E-state index in [-0.39, 0.29) is 0 Å². The molecule has 0 aromatic heterocycles. The number of rotatable bonds is 7. The molecule has 1 saturated heterocycles. The summed E-state index contributed by atoms with van der Waals surface area (Å²) in [5.41, 5.74) is 0. The molecule has 1 heterocycles. The zero-order chi connectivity index (χ0) is 19.0. The zero-order valence-corrected chi connectivity index (χ0v) is 16.9. The fraction of sp³-hybridized carbons (Fsp3) is 0.632. The summed E-state index contributed by atoms with van der Waals surface area (Å²) in [6.45, 7) is 9.95. The van der Waals surface area contributed by atoms with Crippen LogP contribution in [0.5, 0.6) is 0 Å². The SMILES string of the molecule is CCNC(=NCC(C)C)NCC1CCN(S(=O)(=O)c2ccccc2)CC1. The molecule has 1 aromatic carbocycles. The highest BCUT2D eigenvalue weighted by Gasteiger charge is 2.29. The third kappa shape index (κ3) is 5.99. The van der Waals surface area contributed by atoms with Gasteiger partial charge in [0.15, 0.2) is 5.96 Å². The second-order valence-electron chi connectivity index (χ2n) is 7.15. The lowest BCUT2D eigenvalue weighted by Crippen LogP contribution is -2.44. The smallest absolute Gasteiger partial charge is 0.243 e. The van der Waals surface area contributed by atoms with Crippen molar-refractivity contribution in [2.45, 2.75) is 38.5 Å². The maximum absolute atomic E-state index is 12.7. The molecule has 0 saturated carbocycles. The zero-order valence-electron chi connectivity index (χ0n) is 16.1. The van der Waals surface area contributed by atoms with Gasteiger partial charge in [-0.3, -0.25) is 4.99 Å². The Bertz CT molecular complexity index is 666. The van der Waals surface area contributed by atoms with Gasteiger partial charge in [-0.1, -0.05) is 32.0 Å². The van der Waals surface area contributed by atoms with Gasteiger partial charge in [-0.05, 0) is 43.7 Å². The number of aliphatic imine (C=N–C) groups is 1. The van der Waals surface area contributed by atoms with E-state index in [1.165, 1.54) is 0 Å². The lowest BCUT2D eigenvalue weighted by atomic mass is 9.98. The van der Waals surface area contributed by atoms with Crippen LogP contribution in [0.2, 0.25) is 0 Å². The van der Waals surface area contributed by atoms with Gasteiger partial charge >= 0.3 is 0 Å². The van der Waals surface area contributed by atoms with Crippen LogP contribution < -0.4 is 10.6 Å². The van der Waals surface area contributed by atoms with Crippen molar-refractivity contribution in [1.82, 2.24) is 14.9 Å². The molecular formula is C19H32N4O2S. The van der Waals surface area contributed by atoms with Crippen LogP contribution in [0.15, 0.2) is 40.2 Å². The van der Waals surface area contributed by atoms with Gasteiger partial charge < -0.3 is 10.6 Å². The van der Waals surface area contributed by atoms with E-state index in [0.29, 0.717) is 29.8 Å². The first-order chi connectivity index (χ1) is 12.4. The molecule has 0 spiro atoms. The summed E-state index contributed by atoms with van der Waals surface area (Å²) in [5, 5.41) is 6.67. The molecule has 0 amide bonds. The van der Waals surface area contributed by atoms with Crippen molar-refractivity contribution in [1.29, 1.82) is 0 Å². The van der Waals surface area contributed by atoms with Gasteiger partial charge in [0.2, 0.25) is 10.0 Å². The largest absolute Gasteiger partial charge is 0.357 e. The monoisotopic (exact) mass is 380 g/mol. The molecule has 2 rings (SSSR count). The Balaban J connectivity index is 1.85. The Morgan fingerprint density at radius 3 is 2.42 bits per heavy atom. The molecule has 7 heteroatoms. The summed E-state index contributed by atoms with van der Waals surface area (Å²) in [6.07, 6.45) is 1.73. The standard InChI is InChI=1S/C19H32N4O2S/c1-4-20-19(21-14-16(2)3)22-15-17-10-12-23(13-11-17)26(24,25)18-8-6-5-7-9-18/h5-9,16-17H,4,10-15H2,1-3H3,(H2,20,21,22). The van der Waals surface area contributed by atoms with E-state index >= 15 is 0 Å². The Labute approximate surface area is 158 Å². The molecule has 1 aromatic rings. The van der Waals surface area contributed by atoms with E-state index in [1.807, 2.05) is 6.07 Å². The molecule has 2 N–H and O–H groups in total. The molecule has 6 nitrogen and oxygen atoms in total. The first-order valence-electron chi connectivity index (χ1n) is 9.50. The minimum absolute atomic E-state index is 0.381. The number of nitrogens with zero attached hydrogens (tertiary/aromatic N) is 2. The van der Waals surface area contributed by atoms with E-state index in [1.54, 1.807) is 28.6 Å². The summed E-state index contributed by atoms with van der Waals surface area (Å²) in [5.74, 6) is 1.83. The molecule has 0 unspecified atom stereocenters. The number of hydrogen-bond donors (Lipinski definition) is 2. The summed E-state index contributed by atoms with van der Waals surface area (Å²) >= 11 is 0. The highest BCUT2D eigenvalue weighted by molar-refractivity contribution is 7.89. The van der Waals surface area contributed by atoms with Gasteiger partial charge in [0, 0.05) is 32.7 Å². The van der Waals surface area contributed by atoms with Crippen molar-refractivity contribution < 1.29 is 8.42 Å². The fourth-order valence-electron chi connectivity index (χ4n) is 2.95. The molecule has 0 bridgehead atoms. The first kappa shape index (κ1) is 20.7. The van der Waals surface area contributed by atoms with Gasteiger partial charge in [-0.15, -0.1) is 0 Å². The maximum Gasteiger partial charge on any atom is 0.243 e. The summed E-state index contributed by atoms with van der Waals surface area (Å²) in [6, 6.07) is 8.69. The molecule has 0 atom stereocenters. The number of hydrogen-bond acceptors (Lipinski definition) is 3. The predicted octanol–water partition coefficient (Wildman–Crippen LogP) is 2.30. The normalized spacial score (nSPS) is 17.5. The average molecular weight is 381 g/mol. The molecule has 146 valence electrons. The number of guanidine groups is 1. The lowest BCUT2D eigenvalue weighted by molar-refractivity contribution is 0.273. The van der Waals surface area contributed by atoms with E-state index < -0.39 is 10.0 Å². The minimum atomic E-state index is -3.37. The van der Waals surface area contributed by atoms with Crippen LogP contribution in [-0.4, -0.2) is 51.4 Å². The molecule has 0 radical (unpaired) electrons. The summed E-state index contributed by atoms with van der Waals surface area (Å²) in [7, 11) is -3.37. The molecule has 0 aliphatic carbocycles. The number of nitrogens with one attached hydrogen (secondary N) is 2. The third-order valence-electron chi connectivity index (χ3n) is 4.47. The topological polar surface area (TPSA) is 73.8 Å².